The Morgan fingerprint density at radius 3 is 2.19 bits per heavy atom. The Kier molecular flexibility index (Phi) is 9.19. The van der Waals surface area contributed by atoms with Crippen LogP contribution >= 0.6 is 23.6 Å². The van der Waals surface area contributed by atoms with Crippen molar-refractivity contribution in [2.75, 3.05) is 51.7 Å². The lowest BCUT2D eigenvalue weighted by atomic mass is 9.91. The normalized spacial score (nSPS) is 16.7. The smallest absolute Gasteiger partial charge is 0.181 e. The van der Waals surface area contributed by atoms with Crippen molar-refractivity contribution in [2.24, 2.45) is 5.73 Å². The molecule has 0 aliphatic carbocycles. The van der Waals surface area contributed by atoms with E-state index in [0.29, 0.717) is 17.0 Å². The Balaban J connectivity index is 0.000000169. The molecule has 0 radical (unpaired) electrons. The van der Waals surface area contributed by atoms with Crippen LogP contribution in [0, 0.1) is 0 Å². The van der Waals surface area contributed by atoms with E-state index in [-0.39, 0.29) is 5.11 Å². The molecule has 3 aromatic rings. The molecular formula is C26H34N4O4S2. The second kappa shape index (κ2) is 12.5. The molecule has 0 saturated carbocycles. The van der Waals surface area contributed by atoms with Crippen molar-refractivity contribution in [3.63, 3.8) is 0 Å². The molecule has 0 bridgehead atoms. The second-order valence-corrected chi connectivity index (χ2v) is 10.3. The van der Waals surface area contributed by atoms with Crippen LogP contribution in [0.5, 0.6) is 11.5 Å². The van der Waals surface area contributed by atoms with Crippen molar-refractivity contribution in [1.82, 2.24) is 4.98 Å². The average molecular weight is 531 g/mol. The molecule has 8 nitrogen and oxygen atoms in total. The van der Waals surface area contributed by atoms with Crippen molar-refractivity contribution >= 4 is 49.7 Å². The van der Waals surface area contributed by atoms with E-state index in [0.717, 1.165) is 74.8 Å². The predicted octanol–water partition coefficient (Wildman–Crippen LogP) is 5.03. The van der Waals surface area contributed by atoms with Crippen molar-refractivity contribution in [1.29, 1.82) is 0 Å². The number of nitrogens with one attached hydrogen (secondary N) is 1. The van der Waals surface area contributed by atoms with Gasteiger partial charge in [-0.25, -0.2) is 4.98 Å². The monoisotopic (exact) mass is 530 g/mol. The van der Waals surface area contributed by atoms with E-state index < -0.39 is 0 Å². The van der Waals surface area contributed by atoms with E-state index in [1.165, 1.54) is 15.8 Å². The first-order valence-corrected chi connectivity index (χ1v) is 13.4. The summed E-state index contributed by atoms with van der Waals surface area (Å²) >= 11 is 6.42. The maximum Gasteiger partial charge on any atom is 0.181 e. The summed E-state index contributed by atoms with van der Waals surface area (Å²) in [5.74, 6) is 2.64. The van der Waals surface area contributed by atoms with Gasteiger partial charge >= 0.3 is 0 Å². The maximum absolute atomic E-state index is 5.84. The zero-order valence-electron chi connectivity index (χ0n) is 20.7. The molecule has 2 aliphatic rings. The molecule has 36 heavy (non-hydrogen) atoms. The number of thiazole rings is 1. The Morgan fingerprint density at radius 1 is 0.972 bits per heavy atom. The molecule has 0 unspecified atom stereocenters. The molecule has 2 saturated heterocycles. The number of aromatic nitrogens is 1. The van der Waals surface area contributed by atoms with Crippen molar-refractivity contribution in [3.8, 4) is 11.5 Å². The summed E-state index contributed by atoms with van der Waals surface area (Å²) in [5.41, 5.74) is 15.7. The van der Waals surface area contributed by atoms with Crippen LogP contribution in [-0.4, -0.2) is 50.7 Å². The van der Waals surface area contributed by atoms with Crippen LogP contribution in [0.4, 0.5) is 10.8 Å². The minimum Gasteiger partial charge on any atom is -0.495 e. The highest BCUT2D eigenvalue weighted by molar-refractivity contribution is 7.80. The third kappa shape index (κ3) is 6.36. The molecule has 5 rings (SSSR count). The van der Waals surface area contributed by atoms with Crippen LogP contribution < -0.4 is 26.3 Å². The van der Waals surface area contributed by atoms with Gasteiger partial charge in [-0.1, -0.05) is 23.5 Å². The molecule has 5 N–H and O–H groups in total. The van der Waals surface area contributed by atoms with E-state index >= 15 is 0 Å². The lowest BCUT2D eigenvalue weighted by Crippen LogP contribution is -2.20. The third-order valence-corrected chi connectivity index (χ3v) is 7.64. The van der Waals surface area contributed by atoms with Crippen molar-refractivity contribution < 1.29 is 18.9 Å². The number of benzene rings is 2. The molecule has 0 atom stereocenters. The SMILES string of the molecule is COc1ccc(C2CCOCC2)c2sc(N)nc12.COc1ccc(C2CCOCC2)cc1NC(N)=S. The minimum absolute atomic E-state index is 0.248. The standard InChI is InChI=1S/C13H16N2O2S.C13H18N2O2S/c1-16-10-3-2-9(8-4-6-17-7-5-8)12-11(10)15-13(14)18-12;1-16-12-3-2-10(8-11(12)15-13(14)18)9-4-6-17-7-5-9/h2-3,8H,4-7H2,1H3,(H2,14,15);2-3,8-9H,4-7H2,1H3,(H3,14,15,18). The molecule has 194 valence electrons. The Hall–Kier alpha value is -2.66. The van der Waals surface area contributed by atoms with Gasteiger partial charge in [0.25, 0.3) is 0 Å². The fraction of sp³-hybridized carbons (Fsp3) is 0.462. The first-order chi connectivity index (χ1) is 17.5. The number of nitrogen functional groups attached to an aromatic ring is 1. The van der Waals surface area contributed by atoms with Crippen molar-refractivity contribution in [2.45, 2.75) is 37.5 Å². The van der Waals surface area contributed by atoms with Crippen molar-refractivity contribution in [3.05, 3.63) is 41.5 Å². The van der Waals surface area contributed by atoms with Crippen LogP contribution in [0.3, 0.4) is 0 Å². The minimum atomic E-state index is 0.248. The quantitative estimate of drug-likeness (QED) is 0.391. The van der Waals surface area contributed by atoms with E-state index in [9.17, 15) is 0 Å². The molecule has 0 amide bonds. The van der Waals surface area contributed by atoms with E-state index in [2.05, 4.69) is 28.5 Å². The molecule has 2 aliphatic heterocycles. The first-order valence-electron chi connectivity index (χ1n) is 12.1. The van der Waals surface area contributed by atoms with E-state index in [4.69, 9.17) is 42.6 Å². The van der Waals surface area contributed by atoms with Gasteiger partial charge < -0.3 is 35.7 Å². The van der Waals surface area contributed by atoms with Crippen LogP contribution in [0.2, 0.25) is 0 Å². The highest BCUT2D eigenvalue weighted by Gasteiger charge is 2.21. The summed E-state index contributed by atoms with van der Waals surface area (Å²) in [5, 5.41) is 3.80. The topological polar surface area (TPSA) is 114 Å². The second-order valence-electron chi connectivity index (χ2n) is 8.81. The largest absolute Gasteiger partial charge is 0.495 e. The zero-order valence-corrected chi connectivity index (χ0v) is 22.4. The molecule has 1 aromatic heterocycles. The summed E-state index contributed by atoms with van der Waals surface area (Å²) in [6.45, 7) is 3.34. The van der Waals surface area contributed by atoms with Crippen LogP contribution in [0.25, 0.3) is 10.2 Å². The number of rotatable bonds is 5. The van der Waals surface area contributed by atoms with Crippen LogP contribution in [-0.2, 0) is 9.47 Å². The number of hydrogen-bond donors (Lipinski definition) is 3. The van der Waals surface area contributed by atoms with Gasteiger partial charge in [-0.2, -0.15) is 0 Å². The summed E-state index contributed by atoms with van der Waals surface area (Å²) in [7, 11) is 3.30. The summed E-state index contributed by atoms with van der Waals surface area (Å²) < 4.78 is 22.6. The number of fused-ring (bicyclic) bond motifs is 1. The van der Waals surface area contributed by atoms with Gasteiger partial charge in [-0.05, 0) is 79.1 Å². The molecule has 3 heterocycles. The molecule has 0 spiro atoms. The highest BCUT2D eigenvalue weighted by atomic mass is 32.1. The molecule has 2 aromatic carbocycles. The third-order valence-electron chi connectivity index (χ3n) is 6.61. The Morgan fingerprint density at radius 2 is 1.58 bits per heavy atom. The van der Waals surface area contributed by atoms with E-state index in [1.807, 2.05) is 12.1 Å². The lowest BCUT2D eigenvalue weighted by molar-refractivity contribution is 0.0853. The summed E-state index contributed by atoms with van der Waals surface area (Å²) in [6.07, 6.45) is 4.25. The Labute approximate surface area is 221 Å². The summed E-state index contributed by atoms with van der Waals surface area (Å²) in [6, 6.07) is 10.3. The van der Waals surface area contributed by atoms with Gasteiger partial charge in [0.2, 0.25) is 0 Å². The van der Waals surface area contributed by atoms with Gasteiger partial charge in [0, 0.05) is 26.4 Å². The lowest BCUT2D eigenvalue weighted by Gasteiger charge is -2.23. The number of anilines is 2. The number of methoxy groups -OCH3 is 2. The number of nitrogens with two attached hydrogens (primary N) is 2. The fourth-order valence-electron chi connectivity index (χ4n) is 4.76. The number of ether oxygens (including phenoxy) is 4. The fourth-order valence-corrected chi connectivity index (χ4v) is 5.81. The summed E-state index contributed by atoms with van der Waals surface area (Å²) in [4.78, 5) is 4.38. The zero-order chi connectivity index (χ0) is 25.5. The van der Waals surface area contributed by atoms with Gasteiger partial charge in [-0.15, -0.1) is 0 Å². The van der Waals surface area contributed by atoms with Crippen LogP contribution in [0.1, 0.15) is 48.6 Å². The number of thiocarbonyl (C=S) groups is 1. The molecular weight excluding hydrogens is 496 g/mol. The number of hydrogen-bond acceptors (Lipinski definition) is 8. The van der Waals surface area contributed by atoms with Gasteiger partial charge in [-0.3, -0.25) is 0 Å². The van der Waals surface area contributed by atoms with Gasteiger partial charge in [0.15, 0.2) is 10.2 Å². The predicted molar refractivity (Wildman–Crippen MR) is 150 cm³/mol. The molecule has 2 fully saturated rings. The highest BCUT2D eigenvalue weighted by Crippen LogP contribution is 2.40. The molecule has 10 heteroatoms. The van der Waals surface area contributed by atoms with Crippen LogP contribution in [0.15, 0.2) is 30.3 Å². The van der Waals surface area contributed by atoms with Gasteiger partial charge in [0.1, 0.15) is 17.0 Å². The Bertz CT molecular complexity index is 1170. The van der Waals surface area contributed by atoms with E-state index in [1.54, 1.807) is 25.6 Å². The first kappa shape index (κ1) is 26.4. The average Bonchev–Trinajstić information content (AvgIpc) is 3.30. The van der Waals surface area contributed by atoms with Gasteiger partial charge in [0.05, 0.1) is 24.6 Å². The number of nitrogens with zero attached hydrogens (tertiary/aromatic N) is 1. The maximum atomic E-state index is 5.84.